The number of nitrogens with one attached hydrogen (secondary N) is 1. The molecule has 2 rings (SSSR count). The number of thioether (sulfide) groups is 1. The number of amides is 1. The van der Waals surface area contributed by atoms with Crippen LogP contribution in [0.5, 0.6) is 0 Å². The highest BCUT2D eigenvalue weighted by molar-refractivity contribution is 8.18. The minimum atomic E-state index is -0.591. The zero-order valence-electron chi connectivity index (χ0n) is 11.1. The van der Waals surface area contributed by atoms with E-state index in [0.717, 1.165) is 29.2 Å². The monoisotopic (exact) mass is 292 g/mol. The summed E-state index contributed by atoms with van der Waals surface area (Å²) in [7, 11) is 1.25. The maximum Gasteiger partial charge on any atom is 0.331 e. The van der Waals surface area contributed by atoms with E-state index in [1.54, 1.807) is 0 Å². The van der Waals surface area contributed by atoms with Crippen molar-refractivity contribution in [1.29, 1.82) is 0 Å². The molecular weight excluding hydrogens is 280 g/mol. The maximum atomic E-state index is 11.6. The molecule has 2 heterocycles. The predicted octanol–water partition coefficient (Wildman–Crippen LogP) is 1.00. The first-order valence-electron chi connectivity index (χ1n) is 5.68. The van der Waals surface area contributed by atoms with E-state index >= 15 is 0 Å². The quantitative estimate of drug-likeness (QED) is 0.645. The molecule has 1 aliphatic rings. The first-order valence-corrected chi connectivity index (χ1v) is 6.49. The predicted molar refractivity (Wildman–Crippen MR) is 74.4 cm³/mol. The lowest BCUT2D eigenvalue weighted by molar-refractivity contribution is -0.135. The molecule has 1 N–H and O–H groups in total. The van der Waals surface area contributed by atoms with Gasteiger partial charge in [-0.3, -0.25) is 4.79 Å². The summed E-state index contributed by atoms with van der Waals surface area (Å²) in [6, 6.07) is 1.83. The number of amidine groups is 1. The second kappa shape index (κ2) is 5.83. The van der Waals surface area contributed by atoms with Gasteiger partial charge in [-0.15, -0.1) is 0 Å². The van der Waals surface area contributed by atoms with Gasteiger partial charge in [-0.25, -0.2) is 14.8 Å². The Morgan fingerprint density at radius 2 is 2.05 bits per heavy atom. The second-order valence-electron chi connectivity index (χ2n) is 3.96. The molecule has 0 saturated carbocycles. The Morgan fingerprint density at radius 3 is 2.65 bits per heavy atom. The molecule has 1 aromatic heterocycles. The van der Waals surface area contributed by atoms with Gasteiger partial charge in [0.05, 0.1) is 12.0 Å². The lowest BCUT2D eigenvalue weighted by Crippen LogP contribution is -2.19. The minimum absolute atomic E-state index is 0.222. The maximum absolute atomic E-state index is 11.6. The number of methoxy groups -OCH3 is 1. The molecule has 1 fully saturated rings. The van der Waals surface area contributed by atoms with Crippen molar-refractivity contribution in [3.63, 3.8) is 0 Å². The minimum Gasteiger partial charge on any atom is -0.466 e. The Balaban J connectivity index is 2.23. The third-order valence-corrected chi connectivity index (χ3v) is 3.18. The molecule has 1 saturated heterocycles. The highest BCUT2D eigenvalue weighted by atomic mass is 32.2. The molecule has 1 aliphatic heterocycles. The van der Waals surface area contributed by atoms with Gasteiger partial charge in [0.15, 0.2) is 5.17 Å². The summed E-state index contributed by atoms with van der Waals surface area (Å²) >= 11 is 1.04. The largest absolute Gasteiger partial charge is 0.466 e. The van der Waals surface area contributed by atoms with E-state index < -0.39 is 11.9 Å². The van der Waals surface area contributed by atoms with Gasteiger partial charge < -0.3 is 10.1 Å². The molecule has 0 aromatic carbocycles. The highest BCUT2D eigenvalue weighted by Crippen LogP contribution is 2.25. The molecule has 0 unspecified atom stereocenters. The van der Waals surface area contributed by atoms with Crippen LogP contribution in [0.4, 0.5) is 5.95 Å². The van der Waals surface area contributed by atoms with Crippen molar-refractivity contribution >= 4 is 34.8 Å². The highest BCUT2D eigenvalue weighted by Gasteiger charge is 2.25. The fraction of sp³-hybridized carbons (Fsp3) is 0.250. The molecule has 1 amide bonds. The molecule has 8 heteroatoms. The van der Waals surface area contributed by atoms with Crippen LogP contribution in [0.25, 0.3) is 0 Å². The molecule has 0 bridgehead atoms. The number of aryl methyl sites for hydroxylation is 2. The molecule has 0 atom stereocenters. The third kappa shape index (κ3) is 3.41. The Morgan fingerprint density at radius 1 is 1.40 bits per heavy atom. The van der Waals surface area contributed by atoms with E-state index in [1.807, 2.05) is 19.9 Å². The van der Waals surface area contributed by atoms with E-state index in [4.69, 9.17) is 0 Å². The van der Waals surface area contributed by atoms with Crippen molar-refractivity contribution in [1.82, 2.24) is 15.3 Å². The summed E-state index contributed by atoms with van der Waals surface area (Å²) in [5, 5.41) is 2.87. The van der Waals surface area contributed by atoms with Gasteiger partial charge in [0.25, 0.3) is 11.9 Å². The first-order chi connectivity index (χ1) is 9.47. The molecule has 1 aromatic rings. The number of ether oxygens (including phenoxy) is 1. The van der Waals surface area contributed by atoms with E-state index in [1.165, 1.54) is 7.11 Å². The van der Waals surface area contributed by atoms with Crippen LogP contribution in [0.1, 0.15) is 11.4 Å². The number of rotatable bonds is 2. The van der Waals surface area contributed by atoms with E-state index in [9.17, 15) is 9.59 Å². The van der Waals surface area contributed by atoms with Crippen LogP contribution in [0.2, 0.25) is 0 Å². The molecule has 20 heavy (non-hydrogen) atoms. The Kier molecular flexibility index (Phi) is 4.14. The fourth-order valence-electron chi connectivity index (χ4n) is 1.49. The Bertz CT molecular complexity index is 619. The number of nitrogens with zero attached hydrogens (tertiary/aromatic N) is 3. The molecule has 0 radical (unpaired) electrons. The number of aliphatic imine (C=N–C) groups is 1. The van der Waals surface area contributed by atoms with Crippen LogP contribution in [-0.4, -0.2) is 34.1 Å². The lowest BCUT2D eigenvalue weighted by Gasteiger charge is -1.98. The van der Waals surface area contributed by atoms with Gasteiger partial charge in [-0.1, -0.05) is 0 Å². The van der Waals surface area contributed by atoms with Crippen molar-refractivity contribution in [2.45, 2.75) is 13.8 Å². The van der Waals surface area contributed by atoms with Gasteiger partial charge in [0, 0.05) is 17.5 Å². The summed E-state index contributed by atoms with van der Waals surface area (Å²) in [5.41, 5.74) is 1.58. The first kappa shape index (κ1) is 14.2. The van der Waals surface area contributed by atoms with Gasteiger partial charge in [-0.05, 0) is 31.7 Å². The van der Waals surface area contributed by atoms with Crippen molar-refractivity contribution in [2.24, 2.45) is 4.99 Å². The van der Waals surface area contributed by atoms with E-state index in [2.05, 4.69) is 25.0 Å². The topological polar surface area (TPSA) is 93.5 Å². The number of hydrogen-bond acceptors (Lipinski definition) is 7. The van der Waals surface area contributed by atoms with Crippen LogP contribution in [-0.2, 0) is 14.3 Å². The molecule has 7 nitrogen and oxygen atoms in total. The molecule has 0 aliphatic carbocycles. The summed E-state index contributed by atoms with van der Waals surface area (Å²) in [6.45, 7) is 3.67. The standard InChI is InChI=1S/C12H12N4O3S/c1-6-4-7(2)14-11(13-6)16-12-15-10(18)8(20-12)5-9(17)19-3/h4-5H,1-3H3,(H,13,14,15,16,18). The van der Waals surface area contributed by atoms with E-state index in [-0.39, 0.29) is 10.9 Å². The summed E-state index contributed by atoms with van der Waals surface area (Å²) < 4.78 is 4.47. The summed E-state index contributed by atoms with van der Waals surface area (Å²) in [4.78, 5) is 35.4. The van der Waals surface area contributed by atoms with Gasteiger partial charge >= 0.3 is 5.97 Å². The number of esters is 1. The van der Waals surface area contributed by atoms with Crippen molar-refractivity contribution < 1.29 is 14.3 Å². The van der Waals surface area contributed by atoms with Crippen LogP contribution in [0.15, 0.2) is 22.0 Å². The number of aromatic nitrogens is 2. The average Bonchev–Trinajstić information content (AvgIpc) is 2.68. The second-order valence-corrected chi connectivity index (χ2v) is 4.99. The lowest BCUT2D eigenvalue weighted by atomic mass is 10.4. The normalized spacial score (nSPS) is 18.4. The fourth-order valence-corrected chi connectivity index (χ4v) is 2.27. The van der Waals surface area contributed by atoms with Gasteiger partial charge in [-0.2, -0.15) is 4.99 Å². The third-order valence-electron chi connectivity index (χ3n) is 2.27. The van der Waals surface area contributed by atoms with E-state index in [0.29, 0.717) is 5.17 Å². The summed E-state index contributed by atoms with van der Waals surface area (Å²) in [5.74, 6) is -0.723. The zero-order chi connectivity index (χ0) is 14.7. The molecule has 104 valence electrons. The van der Waals surface area contributed by atoms with Crippen LogP contribution < -0.4 is 5.32 Å². The number of carbonyl (C=O) groups excluding carboxylic acids is 2. The van der Waals surface area contributed by atoms with Crippen LogP contribution in [0, 0.1) is 13.8 Å². The summed E-state index contributed by atoms with van der Waals surface area (Å²) in [6.07, 6.45) is 1.12. The number of hydrogen-bond donors (Lipinski definition) is 1. The van der Waals surface area contributed by atoms with Crippen LogP contribution >= 0.6 is 11.8 Å². The van der Waals surface area contributed by atoms with Gasteiger partial charge in [0.2, 0.25) is 0 Å². The number of carbonyl (C=O) groups is 2. The molecular formula is C12H12N4O3S. The Labute approximate surface area is 119 Å². The van der Waals surface area contributed by atoms with Crippen LogP contribution in [0.3, 0.4) is 0 Å². The van der Waals surface area contributed by atoms with Gasteiger partial charge in [0.1, 0.15) is 0 Å². The zero-order valence-corrected chi connectivity index (χ0v) is 11.9. The van der Waals surface area contributed by atoms with Crippen molar-refractivity contribution in [3.05, 3.63) is 28.4 Å². The molecule has 0 spiro atoms. The van der Waals surface area contributed by atoms with Crippen molar-refractivity contribution in [3.8, 4) is 0 Å². The average molecular weight is 292 g/mol. The SMILES string of the molecule is COC(=O)C=C1SC(=Nc2nc(C)cc(C)n2)NC1=O. The smallest absolute Gasteiger partial charge is 0.331 e. The Hall–Kier alpha value is -2.22. The van der Waals surface area contributed by atoms with Crippen molar-refractivity contribution in [2.75, 3.05) is 7.11 Å².